The van der Waals surface area contributed by atoms with Gasteiger partial charge in [0.2, 0.25) is 0 Å². The Kier molecular flexibility index (Phi) is 2.40. The van der Waals surface area contributed by atoms with E-state index in [1.54, 1.807) is 11.8 Å². The Morgan fingerprint density at radius 3 is 2.70 bits per heavy atom. The molecule has 10 heavy (non-hydrogen) atoms. The largest absolute Gasteiger partial charge is 0.356 e. The number of nitrogens with one attached hydrogen (secondary N) is 1. The van der Waals surface area contributed by atoms with Crippen molar-refractivity contribution in [1.29, 1.82) is 0 Å². The smallest absolute Gasteiger partial charge is 0.0722 e. The predicted octanol–water partition coefficient (Wildman–Crippen LogP) is 1.76. The molecule has 1 aromatic heterocycles. The Morgan fingerprint density at radius 2 is 2.40 bits per heavy atom. The molecule has 0 saturated heterocycles. The van der Waals surface area contributed by atoms with Crippen LogP contribution in [0.25, 0.3) is 0 Å². The molecule has 0 bridgehead atoms. The lowest BCUT2D eigenvalue weighted by molar-refractivity contribution is 0.819. The highest BCUT2D eigenvalue weighted by molar-refractivity contribution is 7.98. The Labute approximate surface area is 65.2 Å². The topological polar surface area (TPSA) is 41.8 Å². The average molecular weight is 156 g/mol. The molecular formula is C7H12N2S. The van der Waals surface area contributed by atoms with E-state index in [4.69, 9.17) is 5.73 Å². The maximum absolute atomic E-state index is 5.65. The number of H-pyrrole nitrogens is 1. The molecule has 56 valence electrons. The van der Waals surface area contributed by atoms with Gasteiger partial charge in [0.15, 0.2) is 0 Å². The van der Waals surface area contributed by atoms with Gasteiger partial charge in [0.05, 0.1) is 5.03 Å². The molecule has 0 amide bonds. The Balaban J connectivity index is 2.78. The molecule has 1 rings (SSSR count). The zero-order valence-corrected chi connectivity index (χ0v) is 7.03. The van der Waals surface area contributed by atoms with E-state index < -0.39 is 0 Å². The fourth-order valence-electron chi connectivity index (χ4n) is 0.770. The monoisotopic (exact) mass is 156 g/mol. The third kappa shape index (κ3) is 1.55. The molecule has 0 aliphatic heterocycles. The zero-order chi connectivity index (χ0) is 7.56. The lowest BCUT2D eigenvalue weighted by Gasteiger charge is -1.97. The van der Waals surface area contributed by atoms with E-state index in [1.165, 1.54) is 10.6 Å². The van der Waals surface area contributed by atoms with E-state index >= 15 is 0 Å². The van der Waals surface area contributed by atoms with Gasteiger partial charge in [-0.25, -0.2) is 0 Å². The van der Waals surface area contributed by atoms with Gasteiger partial charge < -0.3 is 10.7 Å². The van der Waals surface area contributed by atoms with Gasteiger partial charge in [0.25, 0.3) is 0 Å². The summed E-state index contributed by atoms with van der Waals surface area (Å²) < 4.78 is 0. The molecule has 0 aliphatic carbocycles. The Hall–Kier alpha value is -0.410. The highest BCUT2D eigenvalue weighted by Crippen LogP contribution is 2.17. The molecule has 0 aliphatic rings. The second kappa shape index (κ2) is 3.12. The number of hydrogen-bond acceptors (Lipinski definition) is 2. The predicted molar refractivity (Wildman–Crippen MR) is 45.2 cm³/mol. The van der Waals surface area contributed by atoms with Gasteiger partial charge in [0.1, 0.15) is 0 Å². The van der Waals surface area contributed by atoms with Crippen LogP contribution in [0, 0.1) is 0 Å². The molecule has 2 nitrogen and oxygen atoms in total. The maximum Gasteiger partial charge on any atom is 0.0722 e. The van der Waals surface area contributed by atoms with Crippen LogP contribution in [0.1, 0.15) is 18.5 Å². The van der Waals surface area contributed by atoms with E-state index in [2.05, 4.69) is 11.1 Å². The molecule has 3 heteroatoms. The standard InChI is InChI=1S/C7H12N2S/c1-5(8)6-3-7(10-2)9-4-6/h3-5,9H,8H2,1-2H3/t5-/m0/s1. The van der Waals surface area contributed by atoms with Crippen LogP contribution in [-0.2, 0) is 0 Å². The zero-order valence-electron chi connectivity index (χ0n) is 6.22. The molecule has 0 spiro atoms. The summed E-state index contributed by atoms with van der Waals surface area (Å²) in [6.07, 6.45) is 3.99. The van der Waals surface area contributed by atoms with Crippen molar-refractivity contribution in [3.8, 4) is 0 Å². The van der Waals surface area contributed by atoms with Crippen molar-refractivity contribution in [3.05, 3.63) is 17.8 Å². The molecule has 0 unspecified atom stereocenters. The van der Waals surface area contributed by atoms with Crippen LogP contribution in [0.2, 0.25) is 0 Å². The molecule has 1 aromatic rings. The highest BCUT2D eigenvalue weighted by atomic mass is 32.2. The highest BCUT2D eigenvalue weighted by Gasteiger charge is 2.00. The molecule has 0 radical (unpaired) electrons. The van der Waals surface area contributed by atoms with E-state index in [0.717, 1.165) is 0 Å². The summed E-state index contributed by atoms with van der Waals surface area (Å²) in [5.41, 5.74) is 6.82. The van der Waals surface area contributed by atoms with E-state index in [9.17, 15) is 0 Å². The number of aromatic nitrogens is 1. The van der Waals surface area contributed by atoms with Gasteiger partial charge in [-0.2, -0.15) is 0 Å². The van der Waals surface area contributed by atoms with E-state index in [0.29, 0.717) is 0 Å². The molecule has 0 saturated carbocycles. The van der Waals surface area contributed by atoms with Crippen LogP contribution in [-0.4, -0.2) is 11.2 Å². The number of rotatable bonds is 2. The van der Waals surface area contributed by atoms with Crippen LogP contribution in [0.5, 0.6) is 0 Å². The van der Waals surface area contributed by atoms with Gasteiger partial charge >= 0.3 is 0 Å². The van der Waals surface area contributed by atoms with E-state index in [-0.39, 0.29) is 6.04 Å². The molecule has 3 N–H and O–H groups in total. The second-order valence-corrected chi connectivity index (χ2v) is 3.14. The molecule has 1 heterocycles. The summed E-state index contributed by atoms with van der Waals surface area (Å²) >= 11 is 1.70. The van der Waals surface area contributed by atoms with Crippen LogP contribution in [0.4, 0.5) is 0 Å². The third-order valence-electron chi connectivity index (χ3n) is 1.42. The summed E-state index contributed by atoms with van der Waals surface area (Å²) in [5.74, 6) is 0. The maximum atomic E-state index is 5.65. The van der Waals surface area contributed by atoms with Crippen molar-refractivity contribution >= 4 is 11.8 Å². The first kappa shape index (κ1) is 7.69. The summed E-state index contributed by atoms with van der Waals surface area (Å²) in [6.45, 7) is 1.98. The molecule has 0 aromatic carbocycles. The summed E-state index contributed by atoms with van der Waals surface area (Å²) in [5, 5.41) is 1.17. The van der Waals surface area contributed by atoms with E-state index in [1.807, 2.05) is 19.4 Å². The minimum absolute atomic E-state index is 0.136. The molecule has 0 fully saturated rings. The normalized spacial score (nSPS) is 13.5. The number of aromatic amines is 1. The minimum Gasteiger partial charge on any atom is -0.356 e. The van der Waals surface area contributed by atoms with Crippen molar-refractivity contribution in [2.45, 2.75) is 18.0 Å². The number of thioether (sulfide) groups is 1. The summed E-state index contributed by atoms with van der Waals surface area (Å²) in [4.78, 5) is 3.12. The summed E-state index contributed by atoms with van der Waals surface area (Å²) in [7, 11) is 0. The van der Waals surface area contributed by atoms with Gasteiger partial charge in [-0.15, -0.1) is 11.8 Å². The average Bonchev–Trinajstić information content (AvgIpc) is 2.34. The number of nitrogens with two attached hydrogens (primary N) is 1. The third-order valence-corrected chi connectivity index (χ3v) is 2.10. The fraction of sp³-hybridized carbons (Fsp3) is 0.429. The van der Waals surface area contributed by atoms with Crippen LogP contribution < -0.4 is 5.73 Å². The Bertz CT molecular complexity index is 205. The lowest BCUT2D eigenvalue weighted by atomic mass is 10.2. The van der Waals surface area contributed by atoms with Crippen LogP contribution in [0.3, 0.4) is 0 Å². The van der Waals surface area contributed by atoms with Gasteiger partial charge in [0, 0.05) is 12.2 Å². The SMILES string of the molecule is CSc1cc([C@H](C)N)c[nH]1. The van der Waals surface area contributed by atoms with Crippen molar-refractivity contribution in [2.75, 3.05) is 6.26 Å². The second-order valence-electron chi connectivity index (χ2n) is 2.29. The van der Waals surface area contributed by atoms with Gasteiger partial charge in [-0.1, -0.05) is 0 Å². The van der Waals surface area contributed by atoms with Crippen molar-refractivity contribution in [2.24, 2.45) is 5.73 Å². The van der Waals surface area contributed by atoms with Crippen LogP contribution in [0.15, 0.2) is 17.3 Å². The molecule has 1 atom stereocenters. The minimum atomic E-state index is 0.136. The van der Waals surface area contributed by atoms with Gasteiger partial charge in [-0.3, -0.25) is 0 Å². The number of hydrogen-bond donors (Lipinski definition) is 2. The molecular weight excluding hydrogens is 144 g/mol. The van der Waals surface area contributed by atoms with Gasteiger partial charge in [-0.05, 0) is 24.8 Å². The lowest BCUT2D eigenvalue weighted by Crippen LogP contribution is -2.02. The van der Waals surface area contributed by atoms with Crippen LogP contribution >= 0.6 is 11.8 Å². The van der Waals surface area contributed by atoms with Crippen molar-refractivity contribution in [1.82, 2.24) is 4.98 Å². The fourth-order valence-corrected chi connectivity index (χ4v) is 1.20. The quantitative estimate of drug-likeness (QED) is 0.641. The van der Waals surface area contributed by atoms with Crippen molar-refractivity contribution < 1.29 is 0 Å². The first-order chi connectivity index (χ1) is 4.74. The van der Waals surface area contributed by atoms with Crippen molar-refractivity contribution in [3.63, 3.8) is 0 Å². The Morgan fingerprint density at radius 1 is 1.70 bits per heavy atom. The first-order valence-electron chi connectivity index (χ1n) is 3.22. The summed E-state index contributed by atoms with van der Waals surface area (Å²) in [6, 6.07) is 2.21. The first-order valence-corrected chi connectivity index (χ1v) is 4.44.